The van der Waals surface area contributed by atoms with Crippen molar-refractivity contribution in [3.8, 4) is 0 Å². The summed E-state index contributed by atoms with van der Waals surface area (Å²) in [5, 5.41) is 0. The molecule has 1 nitrogen and oxygen atoms in total. The van der Waals surface area contributed by atoms with E-state index < -0.39 is 0 Å². The SMILES string of the molecule is CC(C)(C)[C@@H]1CCCN1C1CCCCCCC1. The van der Waals surface area contributed by atoms with Gasteiger partial charge in [0, 0.05) is 12.1 Å². The Balaban J connectivity index is 1.98. The zero-order valence-corrected chi connectivity index (χ0v) is 12.2. The molecule has 1 aliphatic carbocycles. The first-order chi connectivity index (χ1) is 8.09. The summed E-state index contributed by atoms with van der Waals surface area (Å²) in [5.41, 5.74) is 0.471. The zero-order valence-electron chi connectivity index (χ0n) is 12.2. The minimum atomic E-state index is 0.471. The second kappa shape index (κ2) is 5.73. The van der Waals surface area contributed by atoms with Gasteiger partial charge >= 0.3 is 0 Å². The van der Waals surface area contributed by atoms with E-state index in [0.29, 0.717) is 5.41 Å². The van der Waals surface area contributed by atoms with Crippen molar-refractivity contribution in [2.24, 2.45) is 5.41 Å². The van der Waals surface area contributed by atoms with Crippen LogP contribution < -0.4 is 0 Å². The van der Waals surface area contributed by atoms with E-state index in [2.05, 4.69) is 25.7 Å². The quantitative estimate of drug-likeness (QED) is 0.644. The fourth-order valence-corrected chi connectivity index (χ4v) is 3.92. The van der Waals surface area contributed by atoms with Gasteiger partial charge in [-0.2, -0.15) is 0 Å². The molecule has 0 spiro atoms. The maximum absolute atomic E-state index is 2.88. The van der Waals surface area contributed by atoms with Gasteiger partial charge in [-0.05, 0) is 37.6 Å². The van der Waals surface area contributed by atoms with Crippen LogP contribution in [0.2, 0.25) is 0 Å². The first-order valence-electron chi connectivity index (χ1n) is 7.85. The fourth-order valence-electron chi connectivity index (χ4n) is 3.92. The maximum Gasteiger partial charge on any atom is 0.0147 e. The van der Waals surface area contributed by atoms with Crippen molar-refractivity contribution in [2.45, 2.75) is 90.6 Å². The molecular formula is C16H31N. The standard InChI is InChI=1S/C16H31N/c1-16(2,3)15-12-9-13-17(15)14-10-7-5-4-6-8-11-14/h14-15H,4-13H2,1-3H3/t15-/m0/s1. The fraction of sp³-hybridized carbons (Fsp3) is 1.00. The summed E-state index contributed by atoms with van der Waals surface area (Å²) in [6, 6.07) is 1.74. The second-order valence-electron chi connectivity index (χ2n) is 7.26. The monoisotopic (exact) mass is 237 g/mol. The molecule has 2 aliphatic rings. The average Bonchev–Trinajstić information content (AvgIpc) is 2.64. The van der Waals surface area contributed by atoms with Gasteiger partial charge in [-0.1, -0.05) is 52.9 Å². The molecule has 1 aliphatic heterocycles. The second-order valence-corrected chi connectivity index (χ2v) is 7.26. The van der Waals surface area contributed by atoms with E-state index in [9.17, 15) is 0 Å². The van der Waals surface area contributed by atoms with E-state index in [1.807, 2.05) is 0 Å². The average molecular weight is 237 g/mol. The van der Waals surface area contributed by atoms with Crippen molar-refractivity contribution < 1.29 is 0 Å². The lowest BCUT2D eigenvalue weighted by molar-refractivity contribution is 0.0823. The minimum absolute atomic E-state index is 0.471. The summed E-state index contributed by atoms with van der Waals surface area (Å²) in [7, 11) is 0. The van der Waals surface area contributed by atoms with E-state index in [1.54, 1.807) is 0 Å². The molecule has 1 saturated carbocycles. The molecule has 0 radical (unpaired) electrons. The highest BCUT2D eigenvalue weighted by atomic mass is 15.2. The third kappa shape index (κ3) is 3.47. The Labute approximate surface area is 108 Å². The summed E-state index contributed by atoms with van der Waals surface area (Å²) in [5.74, 6) is 0. The lowest BCUT2D eigenvalue weighted by atomic mass is 9.83. The largest absolute Gasteiger partial charge is 0.297 e. The van der Waals surface area contributed by atoms with Gasteiger partial charge < -0.3 is 0 Å². The van der Waals surface area contributed by atoms with Crippen molar-refractivity contribution in [3.05, 3.63) is 0 Å². The summed E-state index contributed by atoms with van der Waals surface area (Å²) >= 11 is 0. The Bertz CT molecular complexity index is 220. The normalized spacial score (nSPS) is 30.2. The van der Waals surface area contributed by atoms with Crippen LogP contribution in [0.25, 0.3) is 0 Å². The summed E-state index contributed by atoms with van der Waals surface area (Å²) < 4.78 is 0. The lowest BCUT2D eigenvalue weighted by Crippen LogP contribution is -2.45. The Kier molecular flexibility index (Phi) is 4.52. The number of hydrogen-bond acceptors (Lipinski definition) is 1. The Morgan fingerprint density at radius 1 is 0.765 bits per heavy atom. The maximum atomic E-state index is 2.88. The minimum Gasteiger partial charge on any atom is -0.297 e. The van der Waals surface area contributed by atoms with Crippen LogP contribution in [-0.2, 0) is 0 Å². The zero-order chi connectivity index (χ0) is 12.3. The molecule has 1 saturated heterocycles. The molecule has 100 valence electrons. The molecule has 17 heavy (non-hydrogen) atoms. The van der Waals surface area contributed by atoms with Gasteiger partial charge in [-0.25, -0.2) is 0 Å². The summed E-state index contributed by atoms with van der Waals surface area (Å²) in [6.07, 6.45) is 13.2. The van der Waals surface area contributed by atoms with Crippen LogP contribution in [0.1, 0.15) is 78.6 Å². The van der Waals surface area contributed by atoms with Crippen LogP contribution in [0.3, 0.4) is 0 Å². The van der Waals surface area contributed by atoms with Gasteiger partial charge in [0.2, 0.25) is 0 Å². The van der Waals surface area contributed by atoms with Gasteiger partial charge in [0.1, 0.15) is 0 Å². The van der Waals surface area contributed by atoms with Crippen LogP contribution in [0.5, 0.6) is 0 Å². The highest BCUT2D eigenvalue weighted by Gasteiger charge is 2.37. The van der Waals surface area contributed by atoms with Gasteiger partial charge in [-0.15, -0.1) is 0 Å². The van der Waals surface area contributed by atoms with Gasteiger partial charge in [0.25, 0.3) is 0 Å². The molecule has 0 amide bonds. The van der Waals surface area contributed by atoms with E-state index in [-0.39, 0.29) is 0 Å². The van der Waals surface area contributed by atoms with Crippen molar-refractivity contribution in [1.29, 1.82) is 0 Å². The van der Waals surface area contributed by atoms with Crippen molar-refractivity contribution in [1.82, 2.24) is 4.90 Å². The van der Waals surface area contributed by atoms with Crippen LogP contribution in [0, 0.1) is 5.41 Å². The molecule has 1 heterocycles. The molecule has 2 rings (SSSR count). The molecule has 0 unspecified atom stereocenters. The third-order valence-corrected chi connectivity index (χ3v) is 4.84. The van der Waals surface area contributed by atoms with Crippen molar-refractivity contribution in [3.63, 3.8) is 0 Å². The molecule has 1 heteroatoms. The molecule has 0 aromatic carbocycles. The van der Waals surface area contributed by atoms with Crippen LogP contribution in [-0.4, -0.2) is 23.5 Å². The number of hydrogen-bond donors (Lipinski definition) is 0. The molecular weight excluding hydrogens is 206 g/mol. The molecule has 0 N–H and O–H groups in total. The van der Waals surface area contributed by atoms with Crippen LogP contribution >= 0.6 is 0 Å². The van der Waals surface area contributed by atoms with E-state index in [1.165, 1.54) is 64.3 Å². The highest BCUT2D eigenvalue weighted by molar-refractivity contribution is 4.91. The first kappa shape index (κ1) is 13.4. The Hall–Kier alpha value is -0.0400. The van der Waals surface area contributed by atoms with Crippen molar-refractivity contribution in [2.75, 3.05) is 6.54 Å². The predicted octanol–water partition coefficient (Wildman–Crippen LogP) is 4.61. The number of rotatable bonds is 1. The van der Waals surface area contributed by atoms with E-state index in [0.717, 1.165) is 12.1 Å². The van der Waals surface area contributed by atoms with E-state index >= 15 is 0 Å². The third-order valence-electron chi connectivity index (χ3n) is 4.84. The van der Waals surface area contributed by atoms with Gasteiger partial charge in [0.05, 0.1) is 0 Å². The summed E-state index contributed by atoms with van der Waals surface area (Å²) in [4.78, 5) is 2.88. The lowest BCUT2D eigenvalue weighted by Gasteiger charge is -2.40. The van der Waals surface area contributed by atoms with Crippen LogP contribution in [0.4, 0.5) is 0 Å². The Morgan fingerprint density at radius 2 is 1.35 bits per heavy atom. The molecule has 0 bridgehead atoms. The first-order valence-corrected chi connectivity index (χ1v) is 7.85. The molecule has 1 atom stereocenters. The smallest absolute Gasteiger partial charge is 0.0147 e. The molecule has 0 aromatic rings. The number of likely N-dealkylation sites (tertiary alicyclic amines) is 1. The van der Waals surface area contributed by atoms with Crippen molar-refractivity contribution >= 4 is 0 Å². The summed E-state index contributed by atoms with van der Waals surface area (Å²) in [6.45, 7) is 8.66. The highest BCUT2D eigenvalue weighted by Crippen LogP contribution is 2.36. The predicted molar refractivity (Wildman–Crippen MR) is 75.3 cm³/mol. The molecule has 2 fully saturated rings. The van der Waals surface area contributed by atoms with Gasteiger partial charge in [-0.3, -0.25) is 4.90 Å². The number of nitrogens with zero attached hydrogens (tertiary/aromatic N) is 1. The van der Waals surface area contributed by atoms with Crippen LogP contribution in [0.15, 0.2) is 0 Å². The van der Waals surface area contributed by atoms with Gasteiger partial charge in [0.15, 0.2) is 0 Å². The molecule has 0 aromatic heterocycles. The topological polar surface area (TPSA) is 3.24 Å². The Morgan fingerprint density at radius 3 is 1.94 bits per heavy atom. The van der Waals surface area contributed by atoms with E-state index in [4.69, 9.17) is 0 Å².